The third-order valence-corrected chi connectivity index (χ3v) is 4.81. The maximum atomic E-state index is 10.3. The number of nitrogens with zero attached hydrogens (tertiary/aromatic N) is 3. The summed E-state index contributed by atoms with van der Waals surface area (Å²) in [6.45, 7) is 0. The number of nitrogens with one attached hydrogen (secondary N) is 1. The van der Waals surface area contributed by atoms with Crippen molar-refractivity contribution in [3.8, 4) is 28.6 Å². The lowest BCUT2D eigenvalue weighted by molar-refractivity contribution is 0.355. The van der Waals surface area contributed by atoms with Gasteiger partial charge >= 0.3 is 0 Å². The Balaban J connectivity index is 1.80. The molecule has 7 nitrogen and oxygen atoms in total. The minimum absolute atomic E-state index is 0.134. The van der Waals surface area contributed by atoms with Gasteiger partial charge in [-0.05, 0) is 47.3 Å². The molecule has 146 valence electrons. The van der Waals surface area contributed by atoms with Gasteiger partial charge in [0.15, 0.2) is 17.3 Å². The second kappa shape index (κ2) is 7.76. The molecule has 8 heteroatoms. The van der Waals surface area contributed by atoms with Gasteiger partial charge in [-0.3, -0.25) is 0 Å². The molecule has 1 heterocycles. The summed E-state index contributed by atoms with van der Waals surface area (Å²) >= 11 is 5.34. The summed E-state index contributed by atoms with van der Waals surface area (Å²) < 4.78 is 12.5. The van der Waals surface area contributed by atoms with Gasteiger partial charge in [0.05, 0.1) is 20.4 Å². The maximum Gasteiger partial charge on any atom is 0.216 e. The molecule has 0 saturated heterocycles. The highest BCUT2D eigenvalue weighted by atomic mass is 32.1. The van der Waals surface area contributed by atoms with Crippen molar-refractivity contribution in [1.29, 1.82) is 0 Å². The van der Waals surface area contributed by atoms with Gasteiger partial charge in [-0.25, -0.2) is 5.10 Å². The average Bonchev–Trinajstić information content (AvgIpc) is 3.12. The highest BCUT2D eigenvalue weighted by Gasteiger charge is 2.13. The lowest BCUT2D eigenvalue weighted by Gasteiger charge is -2.09. The molecule has 0 atom stereocenters. The fourth-order valence-electron chi connectivity index (χ4n) is 3.10. The number of aromatic nitrogens is 3. The average molecular weight is 406 g/mol. The van der Waals surface area contributed by atoms with Crippen LogP contribution in [0, 0.1) is 4.77 Å². The number of rotatable bonds is 5. The number of aromatic hydroxyl groups is 1. The van der Waals surface area contributed by atoms with Crippen LogP contribution in [0.25, 0.3) is 22.2 Å². The van der Waals surface area contributed by atoms with Crippen LogP contribution in [0.3, 0.4) is 0 Å². The highest BCUT2D eigenvalue weighted by Crippen LogP contribution is 2.32. The number of hydrogen-bond acceptors (Lipinski definition) is 6. The Morgan fingerprint density at radius 1 is 1.07 bits per heavy atom. The highest BCUT2D eigenvalue weighted by molar-refractivity contribution is 7.71. The summed E-state index contributed by atoms with van der Waals surface area (Å²) in [5.41, 5.74) is 1.35. The van der Waals surface area contributed by atoms with Crippen molar-refractivity contribution < 1.29 is 14.6 Å². The third-order valence-electron chi connectivity index (χ3n) is 4.54. The Morgan fingerprint density at radius 3 is 2.66 bits per heavy atom. The molecule has 29 heavy (non-hydrogen) atoms. The van der Waals surface area contributed by atoms with Crippen LogP contribution in [0.2, 0.25) is 0 Å². The van der Waals surface area contributed by atoms with E-state index in [0.717, 1.165) is 16.3 Å². The number of methoxy groups -OCH3 is 2. The lowest BCUT2D eigenvalue weighted by atomic mass is 10.0. The SMILES string of the molecule is COc1ccc(-c2n[nH]c(=S)n2/N=C/c2c(O)ccc3ccccc23)cc1OC. The molecule has 0 saturated carbocycles. The van der Waals surface area contributed by atoms with Crippen LogP contribution in [0.15, 0.2) is 59.7 Å². The van der Waals surface area contributed by atoms with E-state index < -0.39 is 0 Å². The zero-order valence-electron chi connectivity index (χ0n) is 15.8. The first-order valence-electron chi connectivity index (χ1n) is 8.77. The second-order valence-electron chi connectivity index (χ2n) is 6.20. The number of fused-ring (bicyclic) bond motifs is 1. The summed E-state index contributed by atoms with van der Waals surface area (Å²) in [5.74, 6) is 1.82. The smallest absolute Gasteiger partial charge is 0.216 e. The topological polar surface area (TPSA) is 84.7 Å². The van der Waals surface area contributed by atoms with Crippen molar-refractivity contribution >= 4 is 29.2 Å². The van der Waals surface area contributed by atoms with E-state index in [9.17, 15) is 5.11 Å². The third kappa shape index (κ3) is 3.45. The van der Waals surface area contributed by atoms with Crippen LogP contribution >= 0.6 is 12.2 Å². The molecule has 0 spiro atoms. The first kappa shape index (κ1) is 18.7. The van der Waals surface area contributed by atoms with E-state index in [2.05, 4.69) is 15.3 Å². The van der Waals surface area contributed by atoms with E-state index >= 15 is 0 Å². The Labute approximate surface area is 171 Å². The molecule has 0 radical (unpaired) electrons. The summed E-state index contributed by atoms with van der Waals surface area (Å²) in [4.78, 5) is 0. The molecule has 3 aromatic carbocycles. The number of H-pyrrole nitrogens is 1. The van der Waals surface area contributed by atoms with Crippen LogP contribution < -0.4 is 9.47 Å². The van der Waals surface area contributed by atoms with Crippen molar-refractivity contribution in [1.82, 2.24) is 14.9 Å². The Bertz CT molecular complexity index is 1280. The van der Waals surface area contributed by atoms with E-state index in [1.54, 1.807) is 38.6 Å². The zero-order valence-corrected chi connectivity index (χ0v) is 16.6. The molecule has 0 fully saturated rings. The van der Waals surface area contributed by atoms with E-state index in [-0.39, 0.29) is 5.75 Å². The fraction of sp³-hybridized carbons (Fsp3) is 0.0952. The van der Waals surface area contributed by atoms with E-state index in [1.807, 2.05) is 36.4 Å². The van der Waals surface area contributed by atoms with Gasteiger partial charge in [0.2, 0.25) is 4.77 Å². The maximum absolute atomic E-state index is 10.3. The van der Waals surface area contributed by atoms with E-state index in [1.165, 1.54) is 4.68 Å². The van der Waals surface area contributed by atoms with Crippen LogP contribution in [0.1, 0.15) is 5.56 Å². The molecule has 2 N–H and O–H groups in total. The van der Waals surface area contributed by atoms with Crippen molar-refractivity contribution in [3.05, 3.63) is 64.9 Å². The predicted molar refractivity (Wildman–Crippen MR) is 115 cm³/mol. The molecule has 0 unspecified atom stereocenters. The molecule has 0 amide bonds. The van der Waals surface area contributed by atoms with Crippen LogP contribution in [0.5, 0.6) is 17.2 Å². The standard InChI is InChI=1S/C21H18N4O3S/c1-27-18-10-8-14(11-19(18)28-2)20-23-24-21(29)25(20)22-12-16-15-6-4-3-5-13(15)7-9-17(16)26/h3-12,26H,1-2H3,(H,24,29)/b22-12+. The number of benzene rings is 3. The first-order valence-corrected chi connectivity index (χ1v) is 9.18. The molecule has 4 rings (SSSR count). The minimum Gasteiger partial charge on any atom is -0.507 e. The second-order valence-corrected chi connectivity index (χ2v) is 6.58. The first-order chi connectivity index (χ1) is 14.1. The molecule has 0 aliphatic rings. The minimum atomic E-state index is 0.134. The van der Waals surface area contributed by atoms with Gasteiger partial charge in [0, 0.05) is 11.1 Å². The molecule has 4 aromatic rings. The van der Waals surface area contributed by atoms with E-state index in [0.29, 0.717) is 27.7 Å². The number of phenols is 1. The summed E-state index contributed by atoms with van der Waals surface area (Å²) in [7, 11) is 3.15. The van der Waals surface area contributed by atoms with Gasteiger partial charge < -0.3 is 14.6 Å². The Hall–Kier alpha value is -3.65. The fourth-order valence-corrected chi connectivity index (χ4v) is 3.28. The molecular weight excluding hydrogens is 388 g/mol. The van der Waals surface area contributed by atoms with Gasteiger partial charge in [0.25, 0.3) is 0 Å². The van der Waals surface area contributed by atoms with Crippen molar-refractivity contribution in [2.45, 2.75) is 0 Å². The molecule has 0 aliphatic carbocycles. The molecule has 0 aliphatic heterocycles. The quantitative estimate of drug-likeness (QED) is 0.380. The summed E-state index contributed by atoms with van der Waals surface area (Å²) in [6.07, 6.45) is 1.58. The van der Waals surface area contributed by atoms with E-state index in [4.69, 9.17) is 21.7 Å². The van der Waals surface area contributed by atoms with Crippen molar-refractivity contribution in [3.63, 3.8) is 0 Å². The normalized spacial score (nSPS) is 11.2. The zero-order chi connectivity index (χ0) is 20.4. The van der Waals surface area contributed by atoms with Gasteiger partial charge in [-0.1, -0.05) is 30.3 Å². The Kier molecular flexibility index (Phi) is 5.01. The number of hydrogen-bond donors (Lipinski definition) is 2. The van der Waals surface area contributed by atoms with Crippen molar-refractivity contribution in [2.24, 2.45) is 5.10 Å². The molecule has 1 aromatic heterocycles. The molecular formula is C21H18N4O3S. The number of aromatic amines is 1. The Morgan fingerprint density at radius 2 is 1.86 bits per heavy atom. The monoisotopic (exact) mass is 406 g/mol. The largest absolute Gasteiger partial charge is 0.507 e. The van der Waals surface area contributed by atoms with Crippen LogP contribution in [-0.2, 0) is 0 Å². The van der Waals surface area contributed by atoms with Gasteiger partial charge in [0.1, 0.15) is 5.75 Å². The van der Waals surface area contributed by atoms with Crippen LogP contribution in [-0.4, -0.2) is 40.4 Å². The van der Waals surface area contributed by atoms with Gasteiger partial charge in [-0.2, -0.15) is 14.9 Å². The summed E-state index contributed by atoms with van der Waals surface area (Å²) in [6, 6.07) is 16.7. The summed E-state index contributed by atoms with van der Waals surface area (Å²) in [5, 5.41) is 23.8. The van der Waals surface area contributed by atoms with Crippen LogP contribution in [0.4, 0.5) is 0 Å². The van der Waals surface area contributed by atoms with Crippen molar-refractivity contribution in [2.75, 3.05) is 14.2 Å². The lowest BCUT2D eigenvalue weighted by Crippen LogP contribution is -1.97. The molecule has 0 bridgehead atoms. The number of ether oxygens (including phenoxy) is 2. The predicted octanol–water partition coefficient (Wildman–Crippen LogP) is 4.37. The van der Waals surface area contributed by atoms with Gasteiger partial charge in [-0.15, -0.1) is 0 Å². The number of phenolic OH excluding ortho intramolecular Hbond substituents is 1.